The number of nitrogens with one attached hydrogen (secondary N) is 1. The van der Waals surface area contributed by atoms with E-state index in [1.54, 1.807) is 18.3 Å². The van der Waals surface area contributed by atoms with Crippen LogP contribution in [0.2, 0.25) is 0 Å². The Labute approximate surface area is 83.5 Å². The minimum absolute atomic E-state index is 0.176. The summed E-state index contributed by atoms with van der Waals surface area (Å²) < 4.78 is 18.7. The maximum atomic E-state index is 10.7. The third-order valence-electron chi connectivity index (χ3n) is 0.969. The van der Waals surface area contributed by atoms with E-state index in [1.807, 2.05) is 0 Å². The van der Waals surface area contributed by atoms with Gasteiger partial charge in [-0.05, 0) is 0 Å². The van der Waals surface area contributed by atoms with Gasteiger partial charge in [-0.15, -0.1) is 0 Å². The van der Waals surface area contributed by atoms with E-state index < -0.39 is 1.63 Å². The first-order valence-electron chi connectivity index (χ1n) is 2.44. The van der Waals surface area contributed by atoms with Gasteiger partial charge in [0.1, 0.15) is 0 Å². The van der Waals surface area contributed by atoms with Crippen LogP contribution in [0.4, 0.5) is 0 Å². The fraction of sp³-hybridized carbons (Fsp3) is 0. The maximum absolute atomic E-state index is 10.7. The molecule has 0 aliphatic rings. The summed E-state index contributed by atoms with van der Waals surface area (Å²) in [6.45, 7) is 0. The van der Waals surface area contributed by atoms with Crippen molar-refractivity contribution < 1.29 is 8.42 Å². The van der Waals surface area contributed by atoms with Gasteiger partial charge in [-0.1, -0.05) is 0 Å². The average Bonchev–Trinajstić information content (AvgIpc) is 2.08. The van der Waals surface area contributed by atoms with Gasteiger partial charge in [0.2, 0.25) is 0 Å². The molecule has 1 aromatic heterocycles. The summed E-state index contributed by atoms with van der Waals surface area (Å²) in [5.41, 5.74) is 0. The number of H-pyrrole nitrogens is 1. The molecule has 1 N–H and O–H groups in total. The summed E-state index contributed by atoms with van der Waals surface area (Å²) in [7, 11) is 0. The van der Waals surface area contributed by atoms with Crippen LogP contribution in [0.3, 0.4) is 0 Å². The molecule has 0 amide bonds. The number of aromatic nitrogens is 1. The number of hydrogen-bond donors (Lipinski definition) is 1. The third-order valence-corrected chi connectivity index (χ3v) is 4.08. The van der Waals surface area contributed by atoms with Crippen molar-refractivity contribution in [1.82, 2.24) is 4.98 Å². The topological polar surface area (TPSA) is 49.9 Å². The predicted octanol–water partition coefficient (Wildman–Crippen LogP) is -0.128. The summed E-state index contributed by atoms with van der Waals surface area (Å²) in [6, 6.07) is 3.25. The second-order valence-corrected chi connectivity index (χ2v) is 8.83. The van der Waals surface area contributed by atoms with Crippen molar-refractivity contribution in [3.8, 4) is 0 Å². The van der Waals surface area contributed by atoms with E-state index in [-0.39, 0.29) is 46.7 Å². The van der Waals surface area contributed by atoms with Gasteiger partial charge in [-0.2, -0.15) is 0 Å². The SMILES string of the molecule is O=[S](=O)([K])c1ccc[nH]1. The Hall–Kier alpha value is 0.866. The van der Waals surface area contributed by atoms with Crippen molar-refractivity contribution in [3.05, 3.63) is 18.3 Å². The van der Waals surface area contributed by atoms with E-state index in [4.69, 9.17) is 0 Å². The Morgan fingerprint density at radius 2 is 2.22 bits per heavy atom. The molecule has 1 aromatic rings. The van der Waals surface area contributed by atoms with Crippen LogP contribution in [0, 0.1) is 0 Å². The molecule has 0 unspecified atom stereocenters. The van der Waals surface area contributed by atoms with Gasteiger partial charge in [-0.3, -0.25) is 0 Å². The van der Waals surface area contributed by atoms with Crippen molar-refractivity contribution in [3.63, 3.8) is 0 Å². The average molecular weight is 169 g/mol. The molecule has 1 rings (SSSR count). The van der Waals surface area contributed by atoms with Gasteiger partial charge < -0.3 is 0 Å². The van der Waals surface area contributed by atoms with Crippen LogP contribution in [-0.2, 0) is 1.63 Å². The van der Waals surface area contributed by atoms with Crippen molar-refractivity contribution in [2.75, 3.05) is 0 Å². The van der Waals surface area contributed by atoms with E-state index in [1.165, 1.54) is 0 Å². The Morgan fingerprint density at radius 3 is 2.44 bits per heavy atom. The minimum atomic E-state index is -2.83. The standard InChI is InChI=1S/C4H4NO2S.K/c6-8(7)4-2-1-3-5-4;/h1-3,5H;. The molecular formula is C4H4KNO2S. The van der Waals surface area contributed by atoms with Crippen LogP contribution in [0.5, 0.6) is 0 Å². The quantitative estimate of drug-likeness (QED) is 0.595. The van der Waals surface area contributed by atoms with Crippen LogP contribution < -0.4 is 0 Å². The molecule has 1 heterocycles. The summed E-state index contributed by atoms with van der Waals surface area (Å²) in [6.07, 6.45) is 1.61. The first kappa shape index (κ1) is 7.97. The van der Waals surface area contributed by atoms with Gasteiger partial charge in [0.05, 0.1) is 0 Å². The molecular weight excluding hydrogens is 165 g/mol. The van der Waals surface area contributed by atoms with Crippen LogP contribution in [0.1, 0.15) is 0 Å². The Bertz CT molecular complexity index is 276. The molecule has 0 saturated carbocycles. The summed E-state index contributed by atoms with van der Waals surface area (Å²) >= 11 is -0.176. The van der Waals surface area contributed by atoms with Crippen LogP contribution in [-0.4, -0.2) is 60.1 Å². The van der Waals surface area contributed by atoms with Crippen LogP contribution in [0.15, 0.2) is 23.4 Å². The molecule has 44 valence electrons. The van der Waals surface area contributed by atoms with Crippen molar-refractivity contribution in [2.45, 2.75) is 5.03 Å². The molecule has 0 fully saturated rings. The second kappa shape index (κ2) is 2.85. The fourth-order valence-electron chi connectivity index (χ4n) is 0.545. The van der Waals surface area contributed by atoms with E-state index in [9.17, 15) is 8.42 Å². The first-order chi connectivity index (χ1) is 4.11. The van der Waals surface area contributed by atoms with Crippen LogP contribution in [0.25, 0.3) is 0 Å². The monoisotopic (exact) mass is 169 g/mol. The number of aromatic amines is 1. The Kier molecular flexibility index (Phi) is 2.53. The predicted molar refractivity (Wildman–Crippen MR) is 33.7 cm³/mol. The van der Waals surface area contributed by atoms with Crippen molar-refractivity contribution in [2.24, 2.45) is 0 Å². The number of rotatable bonds is 1. The summed E-state index contributed by atoms with van der Waals surface area (Å²) in [5, 5.41) is 0.350. The second-order valence-electron chi connectivity index (χ2n) is 1.81. The molecule has 0 bridgehead atoms. The van der Waals surface area contributed by atoms with E-state index in [0.717, 1.165) is 0 Å². The van der Waals surface area contributed by atoms with Gasteiger partial charge in [0.25, 0.3) is 0 Å². The zero-order valence-electron chi connectivity index (χ0n) is 4.96. The molecule has 0 aliphatic carbocycles. The van der Waals surface area contributed by atoms with E-state index >= 15 is 0 Å². The van der Waals surface area contributed by atoms with E-state index in [2.05, 4.69) is 4.98 Å². The normalized spacial score (nSPS) is 11.8. The Balaban J connectivity index is 3.20. The molecule has 0 radical (unpaired) electrons. The molecule has 0 spiro atoms. The van der Waals surface area contributed by atoms with Crippen molar-refractivity contribution >= 4 is 48.4 Å². The van der Waals surface area contributed by atoms with E-state index in [0.29, 0.717) is 5.03 Å². The fourth-order valence-corrected chi connectivity index (χ4v) is 2.34. The molecule has 9 heavy (non-hydrogen) atoms. The molecule has 5 heteroatoms. The Morgan fingerprint density at radius 1 is 1.56 bits per heavy atom. The summed E-state index contributed by atoms with van der Waals surface area (Å²) in [4.78, 5) is 2.64. The van der Waals surface area contributed by atoms with Gasteiger partial charge in [0.15, 0.2) is 0 Å². The van der Waals surface area contributed by atoms with Gasteiger partial charge >= 0.3 is 85.1 Å². The molecule has 0 atom stereocenters. The van der Waals surface area contributed by atoms with Gasteiger partial charge in [-0.25, -0.2) is 0 Å². The van der Waals surface area contributed by atoms with Gasteiger partial charge in [0, 0.05) is 0 Å². The van der Waals surface area contributed by atoms with Crippen LogP contribution >= 0.6 is 0 Å². The first-order valence-corrected chi connectivity index (χ1v) is 8.16. The summed E-state index contributed by atoms with van der Waals surface area (Å²) in [5.74, 6) is 0. The zero-order chi connectivity index (χ0) is 6.91. The molecule has 0 aliphatic heterocycles. The van der Waals surface area contributed by atoms with Crippen molar-refractivity contribution in [1.29, 1.82) is 0 Å². The molecule has 3 nitrogen and oxygen atoms in total. The molecule has 0 aromatic carbocycles. The number of hydrogen-bond acceptors (Lipinski definition) is 2. The molecule has 0 saturated heterocycles. The zero-order valence-corrected chi connectivity index (χ0v) is 8.90. The third kappa shape index (κ3) is 2.17.